The first-order valence-electron chi connectivity index (χ1n) is 5.04. The first-order chi connectivity index (χ1) is 7.24. The minimum Gasteiger partial charge on any atom is -0.197 e. The lowest BCUT2D eigenvalue weighted by molar-refractivity contribution is 0.672. The molecule has 1 unspecified atom stereocenters. The largest absolute Gasteiger partial charge is 0.197 e. The van der Waals surface area contributed by atoms with Crippen LogP contribution in [0, 0.1) is 11.3 Å². The van der Waals surface area contributed by atoms with E-state index in [0.717, 1.165) is 30.0 Å². The number of hydrogen-bond donors (Lipinski definition) is 0. The topological polar surface area (TPSA) is 23.8 Å². The molecule has 1 aromatic rings. The zero-order valence-electron chi connectivity index (χ0n) is 8.37. The van der Waals surface area contributed by atoms with Crippen molar-refractivity contribution in [3.63, 3.8) is 0 Å². The Hall–Kier alpha value is -0.650. The highest BCUT2D eigenvalue weighted by atomic mass is 35.5. The summed E-state index contributed by atoms with van der Waals surface area (Å²) < 4.78 is -0.187. The van der Waals surface area contributed by atoms with E-state index in [1.807, 2.05) is 24.3 Å². The van der Waals surface area contributed by atoms with Gasteiger partial charge in [-0.2, -0.15) is 5.26 Å². The number of thioether (sulfide) groups is 1. The molecular weight excluding hydrogens is 226 g/mol. The zero-order valence-corrected chi connectivity index (χ0v) is 9.94. The Bertz CT molecular complexity index is 374. The van der Waals surface area contributed by atoms with E-state index < -0.39 is 0 Å². The van der Waals surface area contributed by atoms with Crippen LogP contribution in [0.2, 0.25) is 5.02 Å². The number of halogens is 1. The predicted octanol–water partition coefficient (Wildman–Crippen LogP) is 3.67. The summed E-state index contributed by atoms with van der Waals surface area (Å²) in [4.78, 5) is 0. The molecular formula is C12H12ClNS. The monoisotopic (exact) mass is 237 g/mol. The van der Waals surface area contributed by atoms with Gasteiger partial charge in [-0.1, -0.05) is 23.7 Å². The smallest absolute Gasteiger partial charge is 0.106 e. The summed E-state index contributed by atoms with van der Waals surface area (Å²) in [6.45, 7) is 0. The number of benzene rings is 1. The van der Waals surface area contributed by atoms with Gasteiger partial charge in [-0.25, -0.2) is 0 Å². The second kappa shape index (κ2) is 4.47. The quantitative estimate of drug-likeness (QED) is 0.784. The lowest BCUT2D eigenvalue weighted by atomic mass is 9.96. The second-order valence-electron chi connectivity index (χ2n) is 3.86. The molecule has 78 valence electrons. The number of nitrogens with zero attached hydrogens (tertiary/aromatic N) is 1. The Morgan fingerprint density at radius 1 is 1.40 bits per heavy atom. The first kappa shape index (κ1) is 10.9. The highest BCUT2D eigenvalue weighted by Crippen LogP contribution is 2.40. The minimum absolute atomic E-state index is 0.187. The number of hydrogen-bond acceptors (Lipinski definition) is 2. The van der Waals surface area contributed by atoms with E-state index in [-0.39, 0.29) is 4.75 Å². The molecule has 1 fully saturated rings. The maximum atomic E-state index is 9.24. The van der Waals surface area contributed by atoms with Gasteiger partial charge in [-0.05, 0) is 36.3 Å². The molecule has 1 atom stereocenters. The van der Waals surface area contributed by atoms with E-state index in [1.54, 1.807) is 11.8 Å². The second-order valence-corrected chi connectivity index (χ2v) is 5.78. The molecule has 1 heterocycles. The molecule has 0 spiro atoms. The maximum absolute atomic E-state index is 9.24. The Morgan fingerprint density at radius 3 is 2.67 bits per heavy atom. The summed E-state index contributed by atoms with van der Waals surface area (Å²) in [6, 6.07) is 10.3. The van der Waals surface area contributed by atoms with Crippen LogP contribution in [0.3, 0.4) is 0 Å². The average Bonchev–Trinajstić information content (AvgIpc) is 2.71. The average molecular weight is 238 g/mol. The third-order valence-electron chi connectivity index (χ3n) is 2.71. The molecule has 1 aromatic carbocycles. The Balaban J connectivity index is 2.14. The molecule has 0 aliphatic carbocycles. The van der Waals surface area contributed by atoms with Crippen molar-refractivity contribution < 1.29 is 0 Å². The third-order valence-corrected chi connectivity index (χ3v) is 4.45. The summed E-state index contributed by atoms with van der Waals surface area (Å²) in [5.41, 5.74) is 1.20. The predicted molar refractivity (Wildman–Crippen MR) is 65.2 cm³/mol. The summed E-state index contributed by atoms with van der Waals surface area (Å²) in [6.07, 6.45) is 3.01. The van der Waals surface area contributed by atoms with Crippen LogP contribution in [0.25, 0.3) is 0 Å². The lowest BCUT2D eigenvalue weighted by Crippen LogP contribution is -2.21. The fraction of sp³-hybridized carbons (Fsp3) is 0.417. The van der Waals surface area contributed by atoms with Gasteiger partial charge < -0.3 is 0 Å². The van der Waals surface area contributed by atoms with E-state index in [1.165, 1.54) is 5.56 Å². The van der Waals surface area contributed by atoms with Gasteiger partial charge in [0.15, 0.2) is 0 Å². The van der Waals surface area contributed by atoms with Gasteiger partial charge in [0.2, 0.25) is 0 Å². The normalized spacial score (nSPS) is 25.1. The van der Waals surface area contributed by atoms with Crippen LogP contribution in [-0.2, 0) is 6.42 Å². The van der Waals surface area contributed by atoms with Crippen LogP contribution in [0.1, 0.15) is 18.4 Å². The summed E-state index contributed by atoms with van der Waals surface area (Å²) in [5, 5.41) is 9.99. The number of nitriles is 1. The SMILES string of the molecule is N#CC1(Cc2ccc(Cl)cc2)CCCS1. The molecule has 0 bridgehead atoms. The fourth-order valence-electron chi connectivity index (χ4n) is 1.90. The van der Waals surface area contributed by atoms with Crippen molar-refractivity contribution in [3.05, 3.63) is 34.9 Å². The van der Waals surface area contributed by atoms with Gasteiger partial charge in [-0.15, -0.1) is 11.8 Å². The molecule has 0 radical (unpaired) electrons. The van der Waals surface area contributed by atoms with E-state index in [9.17, 15) is 5.26 Å². The Labute approximate surface area is 99.4 Å². The summed E-state index contributed by atoms with van der Waals surface area (Å²) in [7, 11) is 0. The van der Waals surface area contributed by atoms with E-state index >= 15 is 0 Å². The highest BCUT2D eigenvalue weighted by molar-refractivity contribution is 8.01. The molecule has 1 saturated heterocycles. The van der Waals surface area contributed by atoms with Crippen LogP contribution >= 0.6 is 23.4 Å². The van der Waals surface area contributed by atoms with Crippen LogP contribution in [0.4, 0.5) is 0 Å². The van der Waals surface area contributed by atoms with Crippen molar-refractivity contribution in [1.82, 2.24) is 0 Å². The fourth-order valence-corrected chi connectivity index (χ4v) is 3.32. The van der Waals surface area contributed by atoms with Crippen molar-refractivity contribution in [2.24, 2.45) is 0 Å². The molecule has 3 heteroatoms. The first-order valence-corrected chi connectivity index (χ1v) is 6.40. The van der Waals surface area contributed by atoms with E-state index in [0.29, 0.717) is 0 Å². The van der Waals surface area contributed by atoms with Crippen LogP contribution < -0.4 is 0 Å². The van der Waals surface area contributed by atoms with E-state index in [2.05, 4.69) is 6.07 Å². The zero-order chi connectivity index (χ0) is 10.7. The van der Waals surface area contributed by atoms with Crippen molar-refractivity contribution in [2.45, 2.75) is 24.0 Å². The van der Waals surface area contributed by atoms with Gasteiger partial charge in [0.1, 0.15) is 4.75 Å². The Morgan fingerprint density at radius 2 is 2.13 bits per heavy atom. The van der Waals surface area contributed by atoms with Crippen molar-refractivity contribution in [1.29, 1.82) is 5.26 Å². The van der Waals surface area contributed by atoms with Gasteiger partial charge in [0, 0.05) is 11.4 Å². The molecule has 0 N–H and O–H groups in total. The van der Waals surface area contributed by atoms with Crippen molar-refractivity contribution in [2.75, 3.05) is 5.75 Å². The molecule has 1 nitrogen and oxygen atoms in total. The maximum Gasteiger partial charge on any atom is 0.106 e. The summed E-state index contributed by atoms with van der Waals surface area (Å²) in [5.74, 6) is 1.11. The molecule has 0 saturated carbocycles. The van der Waals surface area contributed by atoms with Gasteiger partial charge >= 0.3 is 0 Å². The molecule has 1 aliphatic rings. The number of rotatable bonds is 2. The van der Waals surface area contributed by atoms with Crippen molar-refractivity contribution in [3.8, 4) is 6.07 Å². The molecule has 2 rings (SSSR count). The van der Waals surface area contributed by atoms with Gasteiger partial charge in [0.05, 0.1) is 6.07 Å². The molecule has 15 heavy (non-hydrogen) atoms. The minimum atomic E-state index is -0.187. The van der Waals surface area contributed by atoms with Crippen molar-refractivity contribution >= 4 is 23.4 Å². The molecule has 0 aromatic heterocycles. The van der Waals surface area contributed by atoms with Crippen LogP contribution in [0.5, 0.6) is 0 Å². The highest BCUT2D eigenvalue weighted by Gasteiger charge is 2.34. The Kier molecular flexibility index (Phi) is 3.23. The van der Waals surface area contributed by atoms with Gasteiger partial charge in [0.25, 0.3) is 0 Å². The van der Waals surface area contributed by atoms with E-state index in [4.69, 9.17) is 11.6 Å². The van der Waals surface area contributed by atoms with Crippen LogP contribution in [-0.4, -0.2) is 10.5 Å². The lowest BCUT2D eigenvalue weighted by Gasteiger charge is -2.19. The van der Waals surface area contributed by atoms with Crippen LogP contribution in [0.15, 0.2) is 24.3 Å². The summed E-state index contributed by atoms with van der Waals surface area (Å²) >= 11 is 7.62. The standard InChI is InChI=1S/C12H12ClNS/c13-11-4-2-10(3-5-11)8-12(9-14)6-1-7-15-12/h2-5H,1,6-8H2. The van der Waals surface area contributed by atoms with Gasteiger partial charge in [-0.3, -0.25) is 0 Å². The molecule has 1 aliphatic heterocycles. The third kappa shape index (κ3) is 2.48. The molecule has 0 amide bonds.